The molecule has 1 unspecified atom stereocenters. The van der Waals surface area contributed by atoms with E-state index >= 15 is 0 Å². The molecule has 3 heteroatoms. The fourth-order valence-corrected chi connectivity index (χ4v) is 1.53. The molecule has 14 heavy (non-hydrogen) atoms. The molecule has 3 nitrogen and oxygen atoms in total. The Balaban J connectivity index is 2.77. The van der Waals surface area contributed by atoms with E-state index in [1.807, 2.05) is 24.7 Å². The molecule has 0 aliphatic carbocycles. The monoisotopic (exact) mass is 193 g/mol. The molecule has 0 saturated carbocycles. The zero-order valence-corrected chi connectivity index (χ0v) is 9.25. The molecule has 0 aliphatic heterocycles. The number of hydrogen-bond acceptors (Lipinski definition) is 2. The molecule has 0 spiro atoms. The molecule has 1 aromatic rings. The zero-order valence-electron chi connectivity index (χ0n) is 9.25. The lowest BCUT2D eigenvalue weighted by Crippen LogP contribution is -2.22. The summed E-state index contributed by atoms with van der Waals surface area (Å²) in [6.45, 7) is 9.00. The molecule has 78 valence electrons. The fourth-order valence-electron chi connectivity index (χ4n) is 1.53. The Morgan fingerprint density at radius 2 is 2.43 bits per heavy atom. The number of rotatable bonds is 5. The zero-order chi connectivity index (χ0) is 10.6. The summed E-state index contributed by atoms with van der Waals surface area (Å²) in [6.07, 6.45) is 3.05. The second-order valence-corrected chi connectivity index (χ2v) is 3.50. The number of hydrogen-bond donors (Lipinski definition) is 1. The maximum atomic E-state index is 4.32. The summed E-state index contributed by atoms with van der Waals surface area (Å²) in [7, 11) is 1.96. The van der Waals surface area contributed by atoms with E-state index in [9.17, 15) is 0 Å². The van der Waals surface area contributed by atoms with Gasteiger partial charge >= 0.3 is 0 Å². The summed E-state index contributed by atoms with van der Waals surface area (Å²) in [5, 5.41) is 7.73. The Hall–Kier alpha value is -1.09. The van der Waals surface area contributed by atoms with E-state index in [0.717, 1.165) is 18.7 Å². The lowest BCUT2D eigenvalue weighted by Gasteiger charge is -2.14. The molecule has 1 heterocycles. The summed E-state index contributed by atoms with van der Waals surface area (Å²) in [6, 6.07) is 2.30. The number of aryl methyl sites for hydroxylation is 2. The maximum Gasteiger partial charge on any atom is 0.0675 e. The number of aromatic nitrogens is 2. The molecule has 0 aromatic carbocycles. The lowest BCUT2D eigenvalue weighted by atomic mass is 10.2. The van der Waals surface area contributed by atoms with Gasteiger partial charge in [0.05, 0.1) is 17.4 Å². The number of nitrogens with one attached hydrogen (secondary N) is 1. The van der Waals surface area contributed by atoms with Crippen molar-refractivity contribution in [3.63, 3.8) is 0 Å². The van der Waals surface area contributed by atoms with Gasteiger partial charge in [0, 0.05) is 7.05 Å². The summed E-state index contributed by atoms with van der Waals surface area (Å²) < 4.78 is 1.91. The van der Waals surface area contributed by atoms with Crippen molar-refractivity contribution in [2.45, 2.75) is 26.3 Å². The Bertz CT molecular complexity index is 301. The van der Waals surface area contributed by atoms with Crippen molar-refractivity contribution in [3.8, 4) is 0 Å². The van der Waals surface area contributed by atoms with Gasteiger partial charge in [-0.1, -0.05) is 13.0 Å². The van der Waals surface area contributed by atoms with Crippen LogP contribution in [0.2, 0.25) is 0 Å². The predicted molar refractivity (Wildman–Crippen MR) is 59.2 cm³/mol. The summed E-state index contributed by atoms with van der Waals surface area (Å²) >= 11 is 0. The van der Waals surface area contributed by atoms with Gasteiger partial charge in [-0.15, -0.1) is 6.58 Å². The van der Waals surface area contributed by atoms with Crippen LogP contribution in [0.5, 0.6) is 0 Å². The van der Waals surface area contributed by atoms with Gasteiger partial charge in [0.2, 0.25) is 0 Å². The highest BCUT2D eigenvalue weighted by molar-refractivity contribution is 5.17. The maximum absolute atomic E-state index is 4.32. The third kappa shape index (κ3) is 2.45. The van der Waals surface area contributed by atoms with Crippen LogP contribution in [0.3, 0.4) is 0 Å². The van der Waals surface area contributed by atoms with Crippen LogP contribution in [-0.4, -0.2) is 16.3 Å². The van der Waals surface area contributed by atoms with Crippen molar-refractivity contribution < 1.29 is 0 Å². The SMILES string of the molecule is C=CC(NCCC)c1cc(C)nn1C. The van der Waals surface area contributed by atoms with Gasteiger partial charge in [0.15, 0.2) is 0 Å². The molecule has 0 radical (unpaired) electrons. The molecule has 1 rings (SSSR count). The summed E-state index contributed by atoms with van der Waals surface area (Å²) in [5.74, 6) is 0. The molecular weight excluding hydrogens is 174 g/mol. The molecule has 0 fully saturated rings. The smallest absolute Gasteiger partial charge is 0.0675 e. The van der Waals surface area contributed by atoms with Crippen molar-refractivity contribution in [1.29, 1.82) is 0 Å². The largest absolute Gasteiger partial charge is 0.305 e. The standard InChI is InChI=1S/C11H19N3/c1-5-7-12-10(6-2)11-8-9(3)13-14(11)4/h6,8,10,12H,2,5,7H2,1,3-4H3. The Morgan fingerprint density at radius 1 is 1.71 bits per heavy atom. The third-order valence-corrected chi connectivity index (χ3v) is 2.21. The second-order valence-electron chi connectivity index (χ2n) is 3.50. The van der Waals surface area contributed by atoms with Gasteiger partial charge in [0.1, 0.15) is 0 Å². The van der Waals surface area contributed by atoms with E-state index in [2.05, 4.69) is 30.0 Å². The van der Waals surface area contributed by atoms with Crippen molar-refractivity contribution in [2.24, 2.45) is 7.05 Å². The summed E-state index contributed by atoms with van der Waals surface area (Å²) in [4.78, 5) is 0. The van der Waals surface area contributed by atoms with E-state index in [0.29, 0.717) is 0 Å². The predicted octanol–water partition coefficient (Wildman–Crippen LogP) is 1.96. The minimum Gasteiger partial charge on any atom is -0.305 e. The van der Waals surface area contributed by atoms with Crippen LogP contribution >= 0.6 is 0 Å². The highest BCUT2D eigenvalue weighted by atomic mass is 15.3. The van der Waals surface area contributed by atoms with E-state index in [1.165, 1.54) is 5.69 Å². The van der Waals surface area contributed by atoms with E-state index in [-0.39, 0.29) is 6.04 Å². The quantitative estimate of drug-likeness (QED) is 0.724. The molecule has 1 aromatic heterocycles. The van der Waals surface area contributed by atoms with Gasteiger partial charge in [0.25, 0.3) is 0 Å². The first-order valence-corrected chi connectivity index (χ1v) is 5.05. The van der Waals surface area contributed by atoms with Gasteiger partial charge < -0.3 is 5.32 Å². The van der Waals surface area contributed by atoms with E-state index in [4.69, 9.17) is 0 Å². The van der Waals surface area contributed by atoms with E-state index in [1.54, 1.807) is 0 Å². The highest BCUT2D eigenvalue weighted by Gasteiger charge is 2.11. The van der Waals surface area contributed by atoms with E-state index < -0.39 is 0 Å². The Kier molecular flexibility index (Phi) is 3.89. The Labute approximate surface area is 85.8 Å². The van der Waals surface area contributed by atoms with Gasteiger partial charge in [-0.05, 0) is 26.0 Å². The molecule has 1 atom stereocenters. The number of nitrogens with zero attached hydrogens (tertiary/aromatic N) is 2. The van der Waals surface area contributed by atoms with Crippen LogP contribution in [0.4, 0.5) is 0 Å². The molecule has 0 amide bonds. The summed E-state index contributed by atoms with van der Waals surface area (Å²) in [5.41, 5.74) is 2.22. The first kappa shape index (κ1) is 11.0. The van der Waals surface area contributed by atoms with Crippen LogP contribution in [0.1, 0.15) is 30.8 Å². The van der Waals surface area contributed by atoms with Gasteiger partial charge in [-0.25, -0.2) is 0 Å². The molecule has 0 saturated heterocycles. The first-order chi connectivity index (χ1) is 6.69. The Morgan fingerprint density at radius 3 is 2.86 bits per heavy atom. The minimum absolute atomic E-state index is 0.209. The van der Waals surface area contributed by atoms with Crippen LogP contribution in [0, 0.1) is 6.92 Å². The van der Waals surface area contributed by atoms with Crippen molar-refractivity contribution in [2.75, 3.05) is 6.54 Å². The highest BCUT2D eigenvalue weighted by Crippen LogP contribution is 2.14. The first-order valence-electron chi connectivity index (χ1n) is 5.05. The van der Waals surface area contributed by atoms with Crippen molar-refractivity contribution >= 4 is 0 Å². The van der Waals surface area contributed by atoms with Crippen LogP contribution in [0.15, 0.2) is 18.7 Å². The van der Waals surface area contributed by atoms with Gasteiger partial charge in [-0.3, -0.25) is 4.68 Å². The molecule has 0 aliphatic rings. The minimum atomic E-state index is 0.209. The average molecular weight is 193 g/mol. The van der Waals surface area contributed by atoms with Crippen molar-refractivity contribution in [1.82, 2.24) is 15.1 Å². The van der Waals surface area contributed by atoms with Crippen molar-refractivity contribution in [3.05, 3.63) is 30.1 Å². The third-order valence-electron chi connectivity index (χ3n) is 2.21. The van der Waals surface area contributed by atoms with Crippen LogP contribution < -0.4 is 5.32 Å². The second kappa shape index (κ2) is 4.96. The van der Waals surface area contributed by atoms with Crippen LogP contribution in [-0.2, 0) is 7.05 Å². The molecular formula is C11H19N3. The topological polar surface area (TPSA) is 29.9 Å². The van der Waals surface area contributed by atoms with Gasteiger partial charge in [-0.2, -0.15) is 5.10 Å². The normalized spacial score (nSPS) is 12.8. The fraction of sp³-hybridized carbons (Fsp3) is 0.545. The average Bonchev–Trinajstić information content (AvgIpc) is 2.47. The lowest BCUT2D eigenvalue weighted by molar-refractivity contribution is 0.566. The molecule has 0 bridgehead atoms. The van der Waals surface area contributed by atoms with Crippen LogP contribution in [0.25, 0.3) is 0 Å². The molecule has 1 N–H and O–H groups in total.